The molecule has 0 unspecified atom stereocenters. The molecule has 0 bridgehead atoms. The second kappa shape index (κ2) is 6.52. The molecule has 0 aromatic carbocycles. The molecule has 1 aliphatic carbocycles. The molecular formula is C14H20N2O3. The Balaban J connectivity index is 1.95. The van der Waals surface area contributed by atoms with E-state index in [2.05, 4.69) is 10.3 Å². The molecule has 0 aliphatic heterocycles. The van der Waals surface area contributed by atoms with Crippen LogP contribution in [0.1, 0.15) is 30.1 Å². The zero-order valence-corrected chi connectivity index (χ0v) is 11.4. The maximum absolute atomic E-state index is 11.8. The summed E-state index contributed by atoms with van der Waals surface area (Å²) >= 11 is 0. The van der Waals surface area contributed by atoms with Gasteiger partial charge in [-0.2, -0.15) is 0 Å². The first-order valence-corrected chi connectivity index (χ1v) is 6.68. The molecule has 0 radical (unpaired) electrons. The van der Waals surface area contributed by atoms with Crippen LogP contribution in [0.5, 0.6) is 5.88 Å². The topological polar surface area (TPSA) is 60.5 Å². The number of carbonyl (C=O) groups excluding carboxylic acids is 1. The minimum Gasteiger partial charge on any atom is -0.474 e. The van der Waals surface area contributed by atoms with E-state index in [4.69, 9.17) is 9.47 Å². The van der Waals surface area contributed by atoms with E-state index in [1.54, 1.807) is 25.3 Å². The fourth-order valence-corrected chi connectivity index (χ4v) is 2.23. The second-order valence-corrected chi connectivity index (χ2v) is 4.71. The molecule has 1 heterocycles. The Labute approximate surface area is 113 Å². The van der Waals surface area contributed by atoms with Gasteiger partial charge in [-0.15, -0.1) is 0 Å². The van der Waals surface area contributed by atoms with Crippen LogP contribution in [-0.2, 0) is 4.74 Å². The molecule has 104 valence electrons. The van der Waals surface area contributed by atoms with Gasteiger partial charge in [-0.05, 0) is 51.4 Å². The Morgan fingerprint density at radius 1 is 1.53 bits per heavy atom. The van der Waals surface area contributed by atoms with Crippen LogP contribution in [0.2, 0.25) is 0 Å². The highest BCUT2D eigenvalue weighted by Crippen LogP contribution is 2.31. The van der Waals surface area contributed by atoms with Crippen molar-refractivity contribution in [3.05, 3.63) is 23.9 Å². The van der Waals surface area contributed by atoms with Crippen molar-refractivity contribution in [3.8, 4) is 5.88 Å². The number of hydrogen-bond donors (Lipinski definition) is 1. The summed E-state index contributed by atoms with van der Waals surface area (Å²) in [5, 5.41) is 3.16. The van der Waals surface area contributed by atoms with Crippen molar-refractivity contribution in [1.82, 2.24) is 10.3 Å². The molecule has 0 saturated heterocycles. The van der Waals surface area contributed by atoms with E-state index in [9.17, 15) is 4.79 Å². The number of rotatable bonds is 6. The summed E-state index contributed by atoms with van der Waals surface area (Å²) in [6.07, 6.45) is 3.78. The van der Waals surface area contributed by atoms with Crippen molar-refractivity contribution in [2.75, 3.05) is 20.2 Å². The molecule has 19 heavy (non-hydrogen) atoms. The van der Waals surface area contributed by atoms with Gasteiger partial charge in [0.15, 0.2) is 0 Å². The quantitative estimate of drug-likeness (QED) is 0.791. The van der Waals surface area contributed by atoms with Crippen molar-refractivity contribution in [2.45, 2.75) is 25.9 Å². The summed E-state index contributed by atoms with van der Waals surface area (Å²) in [6, 6.07) is 3.40. The van der Waals surface area contributed by atoms with Gasteiger partial charge in [-0.25, -0.2) is 9.78 Å². The van der Waals surface area contributed by atoms with Gasteiger partial charge in [0, 0.05) is 6.20 Å². The lowest BCUT2D eigenvalue weighted by Gasteiger charge is -2.35. The molecule has 1 saturated carbocycles. The highest BCUT2D eigenvalue weighted by molar-refractivity contribution is 5.91. The normalized spacial score (nSPS) is 21.6. The maximum atomic E-state index is 11.8. The molecule has 1 aromatic rings. The smallest absolute Gasteiger partial charge is 0.343 e. The largest absolute Gasteiger partial charge is 0.474 e. The molecule has 0 spiro atoms. The highest BCUT2D eigenvalue weighted by atomic mass is 16.5. The number of aromatic nitrogens is 1. The maximum Gasteiger partial charge on any atom is 0.343 e. The summed E-state index contributed by atoms with van der Waals surface area (Å²) < 4.78 is 10.8. The number of nitrogens with zero attached hydrogens (tertiary/aromatic N) is 1. The van der Waals surface area contributed by atoms with Gasteiger partial charge in [0.25, 0.3) is 0 Å². The summed E-state index contributed by atoms with van der Waals surface area (Å²) in [6.45, 7) is 3.14. The minimum atomic E-state index is -0.378. The van der Waals surface area contributed by atoms with Crippen molar-refractivity contribution in [2.24, 2.45) is 5.92 Å². The van der Waals surface area contributed by atoms with Gasteiger partial charge < -0.3 is 14.8 Å². The number of nitrogens with one attached hydrogen (secondary N) is 1. The lowest BCUT2D eigenvalue weighted by atomic mass is 9.82. The van der Waals surface area contributed by atoms with Crippen LogP contribution >= 0.6 is 0 Å². The van der Waals surface area contributed by atoms with Crippen LogP contribution in [0.4, 0.5) is 0 Å². The van der Waals surface area contributed by atoms with Crippen molar-refractivity contribution in [1.29, 1.82) is 0 Å². The Hall–Kier alpha value is -1.62. The Kier molecular flexibility index (Phi) is 4.74. The van der Waals surface area contributed by atoms with Crippen LogP contribution in [0.15, 0.2) is 18.3 Å². The Morgan fingerprint density at radius 3 is 3.00 bits per heavy atom. The summed E-state index contributed by atoms with van der Waals surface area (Å²) in [7, 11) is 1.95. The molecule has 5 nitrogen and oxygen atoms in total. The Morgan fingerprint density at radius 2 is 2.32 bits per heavy atom. The average molecular weight is 264 g/mol. The SMILES string of the molecule is CCOC(=O)c1cccnc1OC1CC(CNC)C1. The van der Waals surface area contributed by atoms with Crippen molar-refractivity contribution >= 4 is 5.97 Å². The number of pyridine rings is 1. The van der Waals surface area contributed by atoms with Gasteiger partial charge in [-0.1, -0.05) is 0 Å². The molecule has 2 rings (SSSR count). The second-order valence-electron chi connectivity index (χ2n) is 4.71. The number of hydrogen-bond acceptors (Lipinski definition) is 5. The summed E-state index contributed by atoms with van der Waals surface area (Å²) in [5.74, 6) is 0.662. The molecule has 0 atom stereocenters. The monoisotopic (exact) mass is 264 g/mol. The van der Waals surface area contributed by atoms with E-state index >= 15 is 0 Å². The van der Waals surface area contributed by atoms with Crippen molar-refractivity contribution < 1.29 is 14.3 Å². The lowest BCUT2D eigenvalue weighted by Crippen LogP contribution is -2.39. The summed E-state index contributed by atoms with van der Waals surface area (Å²) in [4.78, 5) is 15.9. The van der Waals surface area contributed by atoms with E-state index < -0.39 is 0 Å². The van der Waals surface area contributed by atoms with E-state index in [0.717, 1.165) is 19.4 Å². The first-order chi connectivity index (χ1) is 9.24. The molecule has 0 amide bonds. The summed E-state index contributed by atoms with van der Waals surface area (Å²) in [5.41, 5.74) is 0.404. The fraction of sp³-hybridized carbons (Fsp3) is 0.571. The molecule has 5 heteroatoms. The molecule has 1 aromatic heterocycles. The van der Waals surface area contributed by atoms with Gasteiger partial charge in [0.1, 0.15) is 11.7 Å². The zero-order valence-electron chi connectivity index (χ0n) is 11.4. The van der Waals surface area contributed by atoms with Crippen molar-refractivity contribution in [3.63, 3.8) is 0 Å². The zero-order chi connectivity index (χ0) is 13.7. The lowest BCUT2D eigenvalue weighted by molar-refractivity contribution is 0.0468. The number of carbonyl (C=O) groups is 1. The first-order valence-electron chi connectivity index (χ1n) is 6.68. The van der Waals surface area contributed by atoms with E-state index in [0.29, 0.717) is 24.0 Å². The predicted octanol–water partition coefficient (Wildman–Crippen LogP) is 1.64. The number of ether oxygens (including phenoxy) is 2. The van der Waals surface area contributed by atoms with Crippen LogP contribution in [0.25, 0.3) is 0 Å². The van der Waals surface area contributed by atoms with Crippen LogP contribution in [-0.4, -0.2) is 37.3 Å². The first kappa shape index (κ1) is 13.8. The van der Waals surface area contributed by atoms with Gasteiger partial charge in [0.05, 0.1) is 6.61 Å². The minimum absolute atomic E-state index is 0.154. The van der Waals surface area contributed by atoms with Gasteiger partial charge in [0.2, 0.25) is 5.88 Å². The van der Waals surface area contributed by atoms with E-state index in [-0.39, 0.29) is 12.1 Å². The Bertz CT molecular complexity index is 430. The molecule has 1 aliphatic rings. The molecule has 1 fully saturated rings. The standard InChI is InChI=1S/C14H20N2O3/c1-3-18-14(17)12-5-4-6-16-13(12)19-11-7-10(8-11)9-15-2/h4-6,10-11,15H,3,7-9H2,1-2H3. The third kappa shape index (κ3) is 3.44. The third-order valence-electron chi connectivity index (χ3n) is 3.23. The average Bonchev–Trinajstić information content (AvgIpc) is 2.37. The van der Waals surface area contributed by atoms with Gasteiger partial charge >= 0.3 is 5.97 Å². The van der Waals surface area contributed by atoms with Gasteiger partial charge in [-0.3, -0.25) is 0 Å². The number of esters is 1. The predicted molar refractivity (Wildman–Crippen MR) is 71.3 cm³/mol. The molecule has 1 N–H and O–H groups in total. The van der Waals surface area contributed by atoms with E-state index in [1.807, 2.05) is 7.05 Å². The van der Waals surface area contributed by atoms with E-state index in [1.165, 1.54) is 0 Å². The van der Waals surface area contributed by atoms with Crippen LogP contribution in [0, 0.1) is 5.92 Å². The van der Waals surface area contributed by atoms with Crippen LogP contribution in [0.3, 0.4) is 0 Å². The highest BCUT2D eigenvalue weighted by Gasteiger charge is 2.31. The fourth-order valence-electron chi connectivity index (χ4n) is 2.23. The van der Waals surface area contributed by atoms with Crippen LogP contribution < -0.4 is 10.1 Å². The molecular weight excluding hydrogens is 244 g/mol. The third-order valence-corrected chi connectivity index (χ3v) is 3.23.